The molecule has 0 spiro atoms. The standard InChI is InChI=1S/C16H13ClN4O/c17-12-6-4-11(5-7-12)15-14(10-20-21-15)16(22)19-9-13-3-1-2-8-18-13/h1-8,10H,9H2,(H,19,22)(H,20,21). The monoisotopic (exact) mass is 312 g/mol. The average Bonchev–Trinajstić information content (AvgIpc) is 3.04. The summed E-state index contributed by atoms with van der Waals surface area (Å²) in [5.74, 6) is -0.204. The minimum Gasteiger partial charge on any atom is -0.346 e. The molecule has 5 nitrogen and oxygen atoms in total. The van der Waals surface area contributed by atoms with Crippen LogP contribution in [0.1, 0.15) is 16.1 Å². The summed E-state index contributed by atoms with van der Waals surface area (Å²) in [7, 11) is 0. The Morgan fingerprint density at radius 2 is 2.00 bits per heavy atom. The number of aromatic amines is 1. The molecule has 22 heavy (non-hydrogen) atoms. The second kappa shape index (κ2) is 6.41. The van der Waals surface area contributed by atoms with Gasteiger partial charge in [-0.15, -0.1) is 0 Å². The summed E-state index contributed by atoms with van der Waals surface area (Å²) >= 11 is 5.88. The molecule has 2 heterocycles. The van der Waals surface area contributed by atoms with Crippen molar-refractivity contribution < 1.29 is 4.79 Å². The van der Waals surface area contributed by atoms with Crippen molar-refractivity contribution in [3.8, 4) is 11.3 Å². The molecule has 0 aliphatic rings. The third-order valence-electron chi connectivity index (χ3n) is 3.17. The number of benzene rings is 1. The lowest BCUT2D eigenvalue weighted by molar-refractivity contribution is 0.0951. The van der Waals surface area contributed by atoms with Gasteiger partial charge in [0.1, 0.15) is 0 Å². The average molecular weight is 313 g/mol. The van der Waals surface area contributed by atoms with Gasteiger partial charge >= 0.3 is 0 Å². The summed E-state index contributed by atoms with van der Waals surface area (Å²) < 4.78 is 0. The Kier molecular flexibility index (Phi) is 4.16. The molecule has 0 bridgehead atoms. The number of H-pyrrole nitrogens is 1. The van der Waals surface area contributed by atoms with Gasteiger partial charge in [-0.3, -0.25) is 14.9 Å². The summed E-state index contributed by atoms with van der Waals surface area (Å²) in [6, 6.07) is 12.8. The van der Waals surface area contributed by atoms with Crippen LogP contribution in [0.4, 0.5) is 0 Å². The van der Waals surface area contributed by atoms with E-state index in [1.54, 1.807) is 18.3 Å². The van der Waals surface area contributed by atoms with Gasteiger partial charge < -0.3 is 5.32 Å². The molecule has 3 rings (SSSR count). The number of rotatable bonds is 4. The van der Waals surface area contributed by atoms with Gasteiger partial charge in [-0.1, -0.05) is 29.8 Å². The van der Waals surface area contributed by atoms with Crippen LogP contribution in [0, 0.1) is 0 Å². The number of nitrogens with zero attached hydrogens (tertiary/aromatic N) is 2. The quantitative estimate of drug-likeness (QED) is 0.778. The first-order valence-electron chi connectivity index (χ1n) is 6.71. The van der Waals surface area contributed by atoms with E-state index in [1.807, 2.05) is 30.3 Å². The van der Waals surface area contributed by atoms with Crippen molar-refractivity contribution in [3.63, 3.8) is 0 Å². The first-order chi connectivity index (χ1) is 10.7. The number of carbonyl (C=O) groups excluding carboxylic acids is 1. The topological polar surface area (TPSA) is 70.7 Å². The molecule has 0 atom stereocenters. The first kappa shape index (κ1) is 14.3. The second-order valence-electron chi connectivity index (χ2n) is 4.67. The number of hydrogen-bond donors (Lipinski definition) is 2. The predicted octanol–water partition coefficient (Wildman–Crippen LogP) is 3.06. The number of amides is 1. The highest BCUT2D eigenvalue weighted by atomic mass is 35.5. The molecule has 0 saturated carbocycles. The van der Waals surface area contributed by atoms with E-state index < -0.39 is 0 Å². The molecule has 2 aromatic heterocycles. The van der Waals surface area contributed by atoms with E-state index in [0.717, 1.165) is 11.3 Å². The molecular weight excluding hydrogens is 300 g/mol. The molecule has 1 aromatic carbocycles. The van der Waals surface area contributed by atoms with Gasteiger partial charge in [0, 0.05) is 16.8 Å². The van der Waals surface area contributed by atoms with Crippen LogP contribution >= 0.6 is 11.6 Å². The number of pyridine rings is 1. The summed E-state index contributed by atoms with van der Waals surface area (Å²) in [4.78, 5) is 16.5. The van der Waals surface area contributed by atoms with Gasteiger partial charge in [0.25, 0.3) is 5.91 Å². The lowest BCUT2D eigenvalue weighted by Crippen LogP contribution is -2.23. The normalized spacial score (nSPS) is 10.4. The van der Waals surface area contributed by atoms with E-state index in [1.165, 1.54) is 6.20 Å². The number of hydrogen-bond acceptors (Lipinski definition) is 3. The number of aromatic nitrogens is 3. The van der Waals surface area contributed by atoms with Crippen molar-refractivity contribution >= 4 is 17.5 Å². The van der Waals surface area contributed by atoms with Gasteiger partial charge in [-0.05, 0) is 24.3 Å². The van der Waals surface area contributed by atoms with Crippen LogP contribution in [-0.4, -0.2) is 21.1 Å². The van der Waals surface area contributed by atoms with Crippen LogP contribution in [0.2, 0.25) is 5.02 Å². The molecule has 110 valence electrons. The van der Waals surface area contributed by atoms with Gasteiger partial charge in [0.15, 0.2) is 0 Å². The maximum Gasteiger partial charge on any atom is 0.255 e. The molecule has 0 aliphatic carbocycles. The SMILES string of the molecule is O=C(NCc1ccccn1)c1cn[nH]c1-c1ccc(Cl)cc1. The zero-order chi connectivity index (χ0) is 15.4. The Morgan fingerprint density at radius 3 is 2.73 bits per heavy atom. The van der Waals surface area contributed by atoms with Gasteiger partial charge in [0.05, 0.1) is 29.7 Å². The Morgan fingerprint density at radius 1 is 1.18 bits per heavy atom. The molecule has 2 N–H and O–H groups in total. The predicted molar refractivity (Wildman–Crippen MR) is 84.4 cm³/mol. The van der Waals surface area contributed by atoms with Crippen molar-refractivity contribution in [2.45, 2.75) is 6.54 Å². The van der Waals surface area contributed by atoms with Crippen LogP contribution < -0.4 is 5.32 Å². The van der Waals surface area contributed by atoms with E-state index >= 15 is 0 Å². The summed E-state index contributed by atoms with van der Waals surface area (Å²) in [5.41, 5.74) is 2.80. The van der Waals surface area contributed by atoms with Crippen molar-refractivity contribution in [1.29, 1.82) is 0 Å². The van der Waals surface area contributed by atoms with Crippen LogP contribution in [0.3, 0.4) is 0 Å². The highest BCUT2D eigenvalue weighted by Crippen LogP contribution is 2.22. The Bertz CT molecular complexity index is 768. The smallest absolute Gasteiger partial charge is 0.255 e. The van der Waals surface area contributed by atoms with E-state index in [9.17, 15) is 4.79 Å². The Labute approximate surface area is 132 Å². The Balaban J connectivity index is 1.76. The van der Waals surface area contributed by atoms with Gasteiger partial charge in [-0.25, -0.2) is 0 Å². The molecule has 0 radical (unpaired) electrons. The molecule has 0 fully saturated rings. The van der Waals surface area contributed by atoms with Crippen molar-refractivity contribution in [2.24, 2.45) is 0 Å². The molecule has 1 amide bonds. The minimum atomic E-state index is -0.204. The first-order valence-corrected chi connectivity index (χ1v) is 7.09. The fourth-order valence-electron chi connectivity index (χ4n) is 2.06. The van der Waals surface area contributed by atoms with Crippen LogP contribution in [0.25, 0.3) is 11.3 Å². The number of halogens is 1. The zero-order valence-corrected chi connectivity index (χ0v) is 12.3. The summed E-state index contributed by atoms with van der Waals surface area (Å²) in [5, 5.41) is 10.3. The third-order valence-corrected chi connectivity index (χ3v) is 3.43. The van der Waals surface area contributed by atoms with E-state index in [-0.39, 0.29) is 5.91 Å². The van der Waals surface area contributed by atoms with E-state index in [2.05, 4.69) is 20.5 Å². The summed E-state index contributed by atoms with van der Waals surface area (Å²) in [6.45, 7) is 0.366. The highest BCUT2D eigenvalue weighted by molar-refractivity contribution is 6.30. The van der Waals surface area contributed by atoms with Crippen molar-refractivity contribution in [3.05, 3.63) is 71.1 Å². The largest absolute Gasteiger partial charge is 0.346 e. The maximum absolute atomic E-state index is 12.3. The van der Waals surface area contributed by atoms with E-state index in [0.29, 0.717) is 22.8 Å². The molecule has 0 saturated heterocycles. The van der Waals surface area contributed by atoms with Gasteiger partial charge in [-0.2, -0.15) is 5.10 Å². The maximum atomic E-state index is 12.3. The second-order valence-corrected chi connectivity index (χ2v) is 5.11. The molecule has 0 unspecified atom stereocenters. The zero-order valence-electron chi connectivity index (χ0n) is 11.6. The van der Waals surface area contributed by atoms with Gasteiger partial charge in [0.2, 0.25) is 0 Å². The molecule has 6 heteroatoms. The highest BCUT2D eigenvalue weighted by Gasteiger charge is 2.15. The van der Waals surface area contributed by atoms with Crippen LogP contribution in [0.15, 0.2) is 54.9 Å². The van der Waals surface area contributed by atoms with Crippen molar-refractivity contribution in [2.75, 3.05) is 0 Å². The molecule has 0 aliphatic heterocycles. The van der Waals surface area contributed by atoms with E-state index in [4.69, 9.17) is 11.6 Å². The Hall–Kier alpha value is -2.66. The molecule has 3 aromatic rings. The molecular formula is C16H13ClN4O. The third kappa shape index (κ3) is 3.15. The fourth-order valence-corrected chi connectivity index (χ4v) is 2.19. The fraction of sp³-hybridized carbons (Fsp3) is 0.0625. The number of carbonyl (C=O) groups is 1. The minimum absolute atomic E-state index is 0.204. The summed E-state index contributed by atoms with van der Waals surface area (Å²) in [6.07, 6.45) is 3.20. The number of nitrogens with one attached hydrogen (secondary N) is 2. The van der Waals surface area contributed by atoms with Crippen molar-refractivity contribution in [1.82, 2.24) is 20.5 Å². The lowest BCUT2D eigenvalue weighted by atomic mass is 10.1. The van der Waals surface area contributed by atoms with Crippen LogP contribution in [0.5, 0.6) is 0 Å². The van der Waals surface area contributed by atoms with Crippen LogP contribution in [-0.2, 0) is 6.54 Å². The lowest BCUT2D eigenvalue weighted by Gasteiger charge is -2.05.